The van der Waals surface area contributed by atoms with Crippen LogP contribution in [0.5, 0.6) is 11.5 Å². The van der Waals surface area contributed by atoms with Crippen LogP contribution in [0.2, 0.25) is 0 Å². The Labute approximate surface area is 119 Å². The molecule has 5 nitrogen and oxygen atoms in total. The smallest absolute Gasteiger partial charge is 0.220 e. The van der Waals surface area contributed by atoms with Crippen molar-refractivity contribution >= 4 is 11.7 Å². The van der Waals surface area contributed by atoms with E-state index < -0.39 is 0 Å². The predicted octanol–water partition coefficient (Wildman–Crippen LogP) is 1.73. The number of Topliss-reactive ketones (excluding diaryl/α,β-unsaturated/α-hetero) is 1. The average Bonchev–Trinajstić information content (AvgIpc) is 2.44. The highest BCUT2D eigenvalue weighted by Crippen LogP contribution is 2.27. The molecule has 0 radical (unpaired) electrons. The molecule has 1 rings (SSSR count). The van der Waals surface area contributed by atoms with Crippen LogP contribution in [0.1, 0.15) is 25.3 Å². The van der Waals surface area contributed by atoms with Gasteiger partial charge in [0, 0.05) is 19.4 Å². The summed E-state index contributed by atoms with van der Waals surface area (Å²) in [4.78, 5) is 22.2. The van der Waals surface area contributed by atoms with Gasteiger partial charge in [-0.2, -0.15) is 0 Å². The molecule has 0 heterocycles. The molecule has 0 bridgehead atoms. The number of rotatable bonds is 8. The molecule has 0 unspecified atom stereocenters. The number of carbonyl (C=O) groups excluding carboxylic acids is 2. The van der Waals surface area contributed by atoms with Crippen LogP contribution in [0.3, 0.4) is 0 Å². The first-order chi connectivity index (χ1) is 9.56. The fraction of sp³-hybridized carbons (Fsp3) is 0.467. The van der Waals surface area contributed by atoms with Gasteiger partial charge in [0.05, 0.1) is 14.2 Å². The molecular weight excluding hydrogens is 258 g/mol. The Morgan fingerprint density at radius 2 is 1.80 bits per heavy atom. The Morgan fingerprint density at radius 3 is 2.40 bits per heavy atom. The first kappa shape index (κ1) is 16.0. The summed E-state index contributed by atoms with van der Waals surface area (Å²) in [7, 11) is 3.18. The van der Waals surface area contributed by atoms with Crippen molar-refractivity contribution in [3.63, 3.8) is 0 Å². The summed E-state index contributed by atoms with van der Waals surface area (Å²) in [6.07, 6.45) is 1.25. The molecule has 1 aromatic rings. The minimum atomic E-state index is -0.0966. The van der Waals surface area contributed by atoms with E-state index in [1.807, 2.05) is 18.2 Å². The van der Waals surface area contributed by atoms with Crippen molar-refractivity contribution in [3.8, 4) is 11.5 Å². The molecule has 20 heavy (non-hydrogen) atoms. The monoisotopic (exact) mass is 279 g/mol. The van der Waals surface area contributed by atoms with Gasteiger partial charge in [-0.1, -0.05) is 6.07 Å². The lowest BCUT2D eigenvalue weighted by atomic mass is 10.1. The minimum Gasteiger partial charge on any atom is -0.493 e. The highest BCUT2D eigenvalue weighted by molar-refractivity contribution is 5.83. The van der Waals surface area contributed by atoms with Crippen molar-refractivity contribution in [1.29, 1.82) is 0 Å². The number of carbonyl (C=O) groups is 2. The lowest BCUT2D eigenvalue weighted by Crippen LogP contribution is -2.25. The first-order valence-corrected chi connectivity index (χ1v) is 6.54. The van der Waals surface area contributed by atoms with Crippen molar-refractivity contribution in [2.75, 3.05) is 20.8 Å². The fourth-order valence-electron chi connectivity index (χ4n) is 1.76. The third-order valence-corrected chi connectivity index (χ3v) is 2.89. The maximum Gasteiger partial charge on any atom is 0.220 e. The van der Waals surface area contributed by atoms with Crippen LogP contribution < -0.4 is 14.8 Å². The van der Waals surface area contributed by atoms with E-state index in [0.717, 1.165) is 5.56 Å². The average molecular weight is 279 g/mol. The van der Waals surface area contributed by atoms with E-state index in [0.29, 0.717) is 30.9 Å². The molecule has 0 saturated carbocycles. The van der Waals surface area contributed by atoms with Crippen LogP contribution in [0.25, 0.3) is 0 Å². The quantitative estimate of drug-likeness (QED) is 0.787. The van der Waals surface area contributed by atoms with Gasteiger partial charge in [-0.3, -0.25) is 4.79 Å². The largest absolute Gasteiger partial charge is 0.493 e. The number of benzene rings is 1. The molecule has 1 aromatic carbocycles. The summed E-state index contributed by atoms with van der Waals surface area (Å²) < 4.78 is 10.4. The summed E-state index contributed by atoms with van der Waals surface area (Å²) >= 11 is 0. The molecule has 1 N–H and O–H groups in total. The Balaban J connectivity index is 2.42. The Kier molecular flexibility index (Phi) is 6.56. The van der Waals surface area contributed by atoms with E-state index in [2.05, 4.69) is 5.32 Å². The van der Waals surface area contributed by atoms with Gasteiger partial charge in [-0.25, -0.2) is 0 Å². The number of nitrogens with one attached hydrogen (secondary N) is 1. The molecule has 0 saturated heterocycles. The Hall–Kier alpha value is -2.04. The normalized spacial score (nSPS) is 9.95. The van der Waals surface area contributed by atoms with Gasteiger partial charge in [-0.15, -0.1) is 0 Å². The second-order valence-corrected chi connectivity index (χ2v) is 4.49. The number of amides is 1. The number of hydrogen-bond acceptors (Lipinski definition) is 4. The van der Waals surface area contributed by atoms with Crippen LogP contribution in [0.15, 0.2) is 18.2 Å². The van der Waals surface area contributed by atoms with Gasteiger partial charge < -0.3 is 19.6 Å². The van der Waals surface area contributed by atoms with E-state index in [1.165, 1.54) is 6.92 Å². The molecule has 0 spiro atoms. The first-order valence-electron chi connectivity index (χ1n) is 6.54. The molecule has 1 amide bonds. The van der Waals surface area contributed by atoms with Crippen LogP contribution >= 0.6 is 0 Å². The van der Waals surface area contributed by atoms with Crippen molar-refractivity contribution in [2.45, 2.75) is 26.2 Å². The lowest BCUT2D eigenvalue weighted by molar-refractivity contribution is -0.124. The molecule has 110 valence electrons. The zero-order valence-corrected chi connectivity index (χ0v) is 12.2. The maximum absolute atomic E-state index is 11.5. The van der Waals surface area contributed by atoms with E-state index in [9.17, 15) is 9.59 Å². The molecule has 5 heteroatoms. The van der Waals surface area contributed by atoms with Gasteiger partial charge in [0.1, 0.15) is 5.78 Å². The van der Waals surface area contributed by atoms with Gasteiger partial charge in [0.2, 0.25) is 5.91 Å². The molecule has 0 aliphatic heterocycles. The van der Waals surface area contributed by atoms with Crippen LogP contribution in [0.4, 0.5) is 0 Å². The second-order valence-electron chi connectivity index (χ2n) is 4.49. The zero-order valence-electron chi connectivity index (χ0n) is 12.2. The van der Waals surface area contributed by atoms with E-state index >= 15 is 0 Å². The summed E-state index contributed by atoms with van der Waals surface area (Å²) in [5.74, 6) is 1.29. The van der Waals surface area contributed by atoms with Crippen LogP contribution in [-0.2, 0) is 16.0 Å². The van der Waals surface area contributed by atoms with Crippen molar-refractivity contribution in [1.82, 2.24) is 5.32 Å². The molecule has 0 aliphatic carbocycles. The zero-order chi connectivity index (χ0) is 15.0. The summed E-state index contributed by atoms with van der Waals surface area (Å²) in [6, 6.07) is 5.66. The number of ether oxygens (including phenoxy) is 2. The number of ketones is 1. The van der Waals surface area contributed by atoms with Crippen LogP contribution in [-0.4, -0.2) is 32.5 Å². The van der Waals surface area contributed by atoms with Gasteiger partial charge in [-0.05, 0) is 31.0 Å². The van der Waals surface area contributed by atoms with Gasteiger partial charge >= 0.3 is 0 Å². The number of hydrogen-bond donors (Lipinski definition) is 1. The molecule has 0 fully saturated rings. The van der Waals surface area contributed by atoms with Gasteiger partial charge in [0.15, 0.2) is 11.5 Å². The van der Waals surface area contributed by atoms with Crippen LogP contribution in [0, 0.1) is 0 Å². The van der Waals surface area contributed by atoms with Crippen molar-refractivity contribution in [2.24, 2.45) is 0 Å². The fourth-order valence-corrected chi connectivity index (χ4v) is 1.76. The standard InChI is InChI=1S/C15H21NO4/c1-11(17)4-7-15(18)16-9-8-12-5-6-13(19-2)14(10-12)20-3/h5-6,10H,4,7-9H2,1-3H3,(H,16,18). The predicted molar refractivity (Wildman–Crippen MR) is 76.2 cm³/mol. The maximum atomic E-state index is 11.5. The minimum absolute atomic E-state index is 0.0278. The highest BCUT2D eigenvalue weighted by Gasteiger charge is 2.06. The van der Waals surface area contributed by atoms with E-state index in [-0.39, 0.29) is 18.1 Å². The molecule has 0 aromatic heterocycles. The van der Waals surface area contributed by atoms with E-state index in [4.69, 9.17) is 9.47 Å². The van der Waals surface area contributed by atoms with Crippen molar-refractivity contribution in [3.05, 3.63) is 23.8 Å². The third-order valence-electron chi connectivity index (χ3n) is 2.89. The van der Waals surface area contributed by atoms with E-state index in [1.54, 1.807) is 14.2 Å². The molecule has 0 aliphatic rings. The highest BCUT2D eigenvalue weighted by atomic mass is 16.5. The number of methoxy groups -OCH3 is 2. The van der Waals surface area contributed by atoms with Gasteiger partial charge in [0.25, 0.3) is 0 Å². The molecule has 0 atom stereocenters. The Morgan fingerprint density at radius 1 is 1.10 bits per heavy atom. The molecular formula is C15H21NO4. The van der Waals surface area contributed by atoms with Crippen molar-refractivity contribution < 1.29 is 19.1 Å². The SMILES string of the molecule is COc1ccc(CCNC(=O)CCC(C)=O)cc1OC. The lowest BCUT2D eigenvalue weighted by Gasteiger charge is -2.10. The summed E-state index contributed by atoms with van der Waals surface area (Å²) in [5.41, 5.74) is 1.05. The summed E-state index contributed by atoms with van der Waals surface area (Å²) in [6.45, 7) is 2.02. The second kappa shape index (κ2) is 8.19. The topological polar surface area (TPSA) is 64.6 Å². The Bertz CT molecular complexity index is 471. The summed E-state index contributed by atoms with van der Waals surface area (Å²) in [5, 5.41) is 2.79. The third kappa shape index (κ3) is 5.30.